The van der Waals surface area contributed by atoms with E-state index in [1.165, 1.54) is 12.8 Å². The maximum absolute atomic E-state index is 12.1. The molecule has 5 heteroatoms. The van der Waals surface area contributed by atoms with Crippen LogP contribution in [-0.4, -0.2) is 29.2 Å². The zero-order valence-corrected chi connectivity index (χ0v) is 12.5. The predicted octanol–water partition coefficient (Wildman–Crippen LogP) is 1.67. The summed E-state index contributed by atoms with van der Waals surface area (Å²) in [6, 6.07) is 0. The minimum absolute atomic E-state index is 0.122. The molecule has 1 aliphatic rings. The van der Waals surface area contributed by atoms with Gasteiger partial charge in [-0.1, -0.05) is 13.8 Å². The summed E-state index contributed by atoms with van der Waals surface area (Å²) in [5.41, 5.74) is -0.122. The molecule has 5 nitrogen and oxygen atoms in total. The van der Waals surface area contributed by atoms with Crippen molar-refractivity contribution in [2.45, 2.75) is 39.7 Å². The minimum Gasteiger partial charge on any atom is -0.474 e. The number of hydrogen-bond donors (Lipinski definition) is 1. The first kappa shape index (κ1) is 15.0. The Morgan fingerprint density at radius 1 is 1.55 bits per heavy atom. The number of nitrogens with one attached hydrogen (secondary N) is 1. The van der Waals surface area contributed by atoms with Gasteiger partial charge in [-0.25, -0.2) is 4.98 Å². The lowest BCUT2D eigenvalue weighted by molar-refractivity contribution is 0.242. The number of nitrogens with zero attached hydrogens (tertiary/aromatic N) is 2. The number of aromatic nitrogens is 2. The molecule has 1 atom stereocenters. The third-order valence-corrected chi connectivity index (χ3v) is 3.61. The van der Waals surface area contributed by atoms with E-state index in [1.807, 2.05) is 0 Å². The van der Waals surface area contributed by atoms with Gasteiger partial charge in [0.25, 0.3) is 5.88 Å². The van der Waals surface area contributed by atoms with Crippen molar-refractivity contribution < 1.29 is 4.74 Å². The molecule has 0 aliphatic carbocycles. The van der Waals surface area contributed by atoms with Crippen molar-refractivity contribution in [1.29, 1.82) is 0 Å². The zero-order valence-electron chi connectivity index (χ0n) is 12.5. The van der Waals surface area contributed by atoms with Crippen molar-refractivity contribution in [3.8, 4) is 5.88 Å². The average Bonchev–Trinajstić information content (AvgIpc) is 2.43. The molecule has 1 saturated heterocycles. The third kappa shape index (κ3) is 4.34. The van der Waals surface area contributed by atoms with E-state index in [-0.39, 0.29) is 11.4 Å². The fraction of sp³-hybridized carbons (Fsp3) is 0.733. The zero-order chi connectivity index (χ0) is 14.4. The van der Waals surface area contributed by atoms with E-state index in [2.05, 4.69) is 24.1 Å². The van der Waals surface area contributed by atoms with Crippen LogP contribution >= 0.6 is 0 Å². The van der Waals surface area contributed by atoms with E-state index in [1.54, 1.807) is 17.0 Å². The Bertz CT molecular complexity index is 464. The van der Waals surface area contributed by atoms with E-state index in [4.69, 9.17) is 4.74 Å². The van der Waals surface area contributed by atoms with Gasteiger partial charge in [0.05, 0.1) is 6.61 Å². The summed E-state index contributed by atoms with van der Waals surface area (Å²) < 4.78 is 7.27. The van der Waals surface area contributed by atoms with Crippen molar-refractivity contribution in [1.82, 2.24) is 14.9 Å². The van der Waals surface area contributed by atoms with Gasteiger partial charge in [-0.15, -0.1) is 0 Å². The second kappa shape index (κ2) is 7.43. The van der Waals surface area contributed by atoms with Crippen molar-refractivity contribution >= 4 is 0 Å². The fourth-order valence-electron chi connectivity index (χ4n) is 2.56. The van der Waals surface area contributed by atoms with Gasteiger partial charge in [0.1, 0.15) is 0 Å². The first-order valence-corrected chi connectivity index (χ1v) is 7.55. The molecule has 0 aromatic carbocycles. The van der Waals surface area contributed by atoms with Gasteiger partial charge in [-0.2, -0.15) is 0 Å². The molecule has 1 aliphatic heterocycles. The summed E-state index contributed by atoms with van der Waals surface area (Å²) in [6.07, 6.45) is 6.82. The van der Waals surface area contributed by atoms with Crippen LogP contribution in [0.4, 0.5) is 0 Å². The highest BCUT2D eigenvalue weighted by molar-refractivity contribution is 5.04. The molecule has 0 spiro atoms. The van der Waals surface area contributed by atoms with Crippen LogP contribution in [0.1, 0.15) is 33.1 Å². The van der Waals surface area contributed by atoms with Crippen LogP contribution in [0.5, 0.6) is 5.88 Å². The summed E-state index contributed by atoms with van der Waals surface area (Å²) in [5, 5.41) is 3.39. The second-order valence-corrected chi connectivity index (χ2v) is 5.93. The molecule has 2 rings (SSSR count). The highest BCUT2D eigenvalue weighted by Gasteiger charge is 2.13. The maximum atomic E-state index is 12.1. The smallest absolute Gasteiger partial charge is 0.313 e. The van der Waals surface area contributed by atoms with Gasteiger partial charge in [0, 0.05) is 18.9 Å². The SMILES string of the molecule is CC(C)Cn1ccnc(OCCC2CCCNC2)c1=O. The van der Waals surface area contributed by atoms with Crippen molar-refractivity contribution in [3.63, 3.8) is 0 Å². The molecule has 112 valence electrons. The lowest BCUT2D eigenvalue weighted by atomic mass is 9.97. The van der Waals surface area contributed by atoms with E-state index in [0.717, 1.165) is 19.5 Å². The van der Waals surface area contributed by atoms with Gasteiger partial charge in [-0.05, 0) is 44.2 Å². The molecule has 0 bridgehead atoms. The van der Waals surface area contributed by atoms with Gasteiger partial charge in [0.15, 0.2) is 0 Å². The molecule has 0 amide bonds. The monoisotopic (exact) mass is 279 g/mol. The van der Waals surface area contributed by atoms with E-state index in [9.17, 15) is 4.79 Å². The van der Waals surface area contributed by atoms with Crippen molar-refractivity contribution in [3.05, 3.63) is 22.7 Å². The summed E-state index contributed by atoms with van der Waals surface area (Å²) in [6.45, 7) is 7.62. The topological polar surface area (TPSA) is 56.1 Å². The van der Waals surface area contributed by atoms with Crippen molar-refractivity contribution in [2.75, 3.05) is 19.7 Å². The summed E-state index contributed by atoms with van der Waals surface area (Å²) in [7, 11) is 0. The van der Waals surface area contributed by atoms with Crippen LogP contribution in [0, 0.1) is 11.8 Å². The molecular formula is C15H25N3O2. The summed E-state index contributed by atoms with van der Waals surface area (Å²) >= 11 is 0. The number of rotatable bonds is 6. The summed E-state index contributed by atoms with van der Waals surface area (Å²) in [5.74, 6) is 1.32. The standard InChI is InChI=1S/C15H25N3O2/c1-12(2)11-18-8-7-17-14(15(18)19)20-9-5-13-4-3-6-16-10-13/h7-8,12-13,16H,3-6,9-11H2,1-2H3. The van der Waals surface area contributed by atoms with E-state index < -0.39 is 0 Å². The minimum atomic E-state index is -0.122. The Labute approximate surface area is 120 Å². The molecule has 1 aromatic heterocycles. The van der Waals surface area contributed by atoms with Crippen LogP contribution in [0.25, 0.3) is 0 Å². The highest BCUT2D eigenvalue weighted by Crippen LogP contribution is 2.14. The van der Waals surface area contributed by atoms with E-state index in [0.29, 0.717) is 25.0 Å². The Morgan fingerprint density at radius 3 is 3.10 bits per heavy atom. The van der Waals surface area contributed by atoms with Crippen LogP contribution in [-0.2, 0) is 6.54 Å². The molecule has 1 fully saturated rings. The molecule has 1 unspecified atom stereocenters. The average molecular weight is 279 g/mol. The Morgan fingerprint density at radius 2 is 2.40 bits per heavy atom. The highest BCUT2D eigenvalue weighted by atomic mass is 16.5. The summed E-state index contributed by atoms with van der Waals surface area (Å²) in [4.78, 5) is 16.2. The Hall–Kier alpha value is -1.36. The second-order valence-electron chi connectivity index (χ2n) is 5.93. The molecule has 0 saturated carbocycles. The first-order chi connectivity index (χ1) is 9.66. The fourth-order valence-corrected chi connectivity index (χ4v) is 2.56. The number of ether oxygens (including phenoxy) is 1. The maximum Gasteiger partial charge on any atom is 0.313 e. The van der Waals surface area contributed by atoms with Crippen LogP contribution in [0.3, 0.4) is 0 Å². The Kier molecular flexibility index (Phi) is 5.59. The lowest BCUT2D eigenvalue weighted by Crippen LogP contribution is -2.31. The molecule has 20 heavy (non-hydrogen) atoms. The first-order valence-electron chi connectivity index (χ1n) is 7.55. The number of hydrogen-bond acceptors (Lipinski definition) is 4. The predicted molar refractivity (Wildman–Crippen MR) is 79.0 cm³/mol. The van der Waals surface area contributed by atoms with Gasteiger partial charge in [0.2, 0.25) is 0 Å². The van der Waals surface area contributed by atoms with Crippen LogP contribution < -0.4 is 15.6 Å². The molecule has 1 N–H and O–H groups in total. The lowest BCUT2D eigenvalue weighted by Gasteiger charge is -2.22. The van der Waals surface area contributed by atoms with Gasteiger partial charge >= 0.3 is 5.56 Å². The largest absolute Gasteiger partial charge is 0.474 e. The number of piperidine rings is 1. The quantitative estimate of drug-likeness (QED) is 0.860. The van der Waals surface area contributed by atoms with Crippen LogP contribution in [0.2, 0.25) is 0 Å². The molecule has 1 aromatic rings. The molecule has 2 heterocycles. The third-order valence-electron chi connectivity index (χ3n) is 3.61. The van der Waals surface area contributed by atoms with Crippen LogP contribution in [0.15, 0.2) is 17.2 Å². The molecular weight excluding hydrogens is 254 g/mol. The van der Waals surface area contributed by atoms with Crippen molar-refractivity contribution in [2.24, 2.45) is 11.8 Å². The van der Waals surface area contributed by atoms with E-state index >= 15 is 0 Å². The molecule has 0 radical (unpaired) electrons. The normalized spacial score (nSPS) is 19.2. The van der Waals surface area contributed by atoms with Gasteiger partial charge < -0.3 is 14.6 Å². The van der Waals surface area contributed by atoms with Gasteiger partial charge in [-0.3, -0.25) is 4.79 Å². The Balaban J connectivity index is 1.87.